The second-order valence-electron chi connectivity index (χ2n) is 2.78. The third-order valence-electron chi connectivity index (χ3n) is 1.06. The summed E-state index contributed by atoms with van der Waals surface area (Å²) in [4.78, 5) is 0. The number of unbranched alkanes of at least 4 members (excludes halogenated alkanes) is 1. The van der Waals surface area contributed by atoms with Crippen LogP contribution in [0.3, 0.4) is 0 Å². The molecular formula is C9H16S. The second kappa shape index (κ2) is 7.02. The van der Waals surface area contributed by atoms with Crippen molar-refractivity contribution in [3.8, 4) is 12.3 Å². The van der Waals surface area contributed by atoms with Gasteiger partial charge in [-0.25, -0.2) is 0 Å². The van der Waals surface area contributed by atoms with Gasteiger partial charge in [-0.1, -0.05) is 13.8 Å². The first-order valence-electron chi connectivity index (χ1n) is 3.78. The van der Waals surface area contributed by atoms with Crippen LogP contribution in [0.2, 0.25) is 0 Å². The van der Waals surface area contributed by atoms with E-state index in [0.29, 0.717) is 0 Å². The largest absolute Gasteiger partial charge is 0.162 e. The van der Waals surface area contributed by atoms with E-state index < -0.39 is 0 Å². The Balaban J connectivity index is 2.86. The van der Waals surface area contributed by atoms with Crippen LogP contribution in [0.5, 0.6) is 0 Å². The van der Waals surface area contributed by atoms with Gasteiger partial charge >= 0.3 is 0 Å². The van der Waals surface area contributed by atoms with Crippen molar-refractivity contribution in [2.75, 3.05) is 11.5 Å². The monoisotopic (exact) mass is 156 g/mol. The van der Waals surface area contributed by atoms with Gasteiger partial charge in [0.15, 0.2) is 0 Å². The van der Waals surface area contributed by atoms with Gasteiger partial charge in [0, 0.05) is 6.42 Å². The smallest absolute Gasteiger partial charge is 0.00939 e. The maximum Gasteiger partial charge on any atom is 0.00939 e. The highest BCUT2D eigenvalue weighted by atomic mass is 32.2. The summed E-state index contributed by atoms with van der Waals surface area (Å²) in [5.74, 6) is 5.95. The fourth-order valence-corrected chi connectivity index (χ4v) is 1.58. The van der Waals surface area contributed by atoms with Crippen LogP contribution in [0.15, 0.2) is 0 Å². The standard InChI is InChI=1S/C9H16S/c1-4-5-6-7-10-8-9(2)3/h1,9H,5-8H2,2-3H3. The highest BCUT2D eigenvalue weighted by Crippen LogP contribution is 2.09. The Morgan fingerprint density at radius 3 is 2.70 bits per heavy atom. The zero-order valence-electron chi connectivity index (χ0n) is 6.89. The van der Waals surface area contributed by atoms with E-state index in [-0.39, 0.29) is 0 Å². The molecule has 10 heavy (non-hydrogen) atoms. The topological polar surface area (TPSA) is 0 Å². The molecule has 0 aliphatic rings. The summed E-state index contributed by atoms with van der Waals surface area (Å²) in [5, 5.41) is 0. The van der Waals surface area contributed by atoms with Crippen molar-refractivity contribution >= 4 is 11.8 Å². The van der Waals surface area contributed by atoms with E-state index in [0.717, 1.165) is 12.3 Å². The normalized spacial score (nSPS) is 9.80. The lowest BCUT2D eigenvalue weighted by atomic mass is 10.3. The zero-order valence-corrected chi connectivity index (χ0v) is 7.71. The van der Waals surface area contributed by atoms with Crippen LogP contribution in [0.4, 0.5) is 0 Å². The SMILES string of the molecule is C#CCCCSCC(C)C. The Bertz CT molecular complexity index is 99.8. The van der Waals surface area contributed by atoms with E-state index in [4.69, 9.17) is 6.42 Å². The maximum absolute atomic E-state index is 5.11. The predicted molar refractivity (Wildman–Crippen MR) is 50.2 cm³/mol. The molecular weight excluding hydrogens is 140 g/mol. The molecule has 0 rings (SSSR count). The van der Waals surface area contributed by atoms with Crippen molar-refractivity contribution in [1.82, 2.24) is 0 Å². The highest BCUT2D eigenvalue weighted by Gasteiger charge is 1.92. The molecule has 0 aromatic rings. The lowest BCUT2D eigenvalue weighted by molar-refractivity contribution is 0.749. The molecule has 0 radical (unpaired) electrons. The van der Waals surface area contributed by atoms with Crippen molar-refractivity contribution in [3.63, 3.8) is 0 Å². The predicted octanol–water partition coefficient (Wildman–Crippen LogP) is 2.79. The second-order valence-corrected chi connectivity index (χ2v) is 3.93. The molecule has 0 aliphatic carbocycles. The first-order valence-corrected chi connectivity index (χ1v) is 4.94. The lowest BCUT2D eigenvalue weighted by Crippen LogP contribution is -1.91. The van der Waals surface area contributed by atoms with Crippen LogP contribution < -0.4 is 0 Å². The number of terminal acetylenes is 1. The lowest BCUT2D eigenvalue weighted by Gasteiger charge is -2.01. The van der Waals surface area contributed by atoms with Crippen LogP contribution in [-0.2, 0) is 0 Å². The first-order chi connectivity index (χ1) is 4.77. The quantitative estimate of drug-likeness (QED) is 0.435. The molecule has 0 aromatic carbocycles. The molecule has 0 aromatic heterocycles. The van der Waals surface area contributed by atoms with Gasteiger partial charge in [-0.05, 0) is 23.8 Å². The number of rotatable bonds is 5. The Hall–Kier alpha value is -0.0900. The van der Waals surface area contributed by atoms with Crippen molar-refractivity contribution in [2.45, 2.75) is 26.7 Å². The molecule has 0 spiro atoms. The van der Waals surface area contributed by atoms with Gasteiger partial charge in [-0.15, -0.1) is 12.3 Å². The molecule has 58 valence electrons. The molecule has 0 unspecified atom stereocenters. The Kier molecular flexibility index (Phi) is 6.96. The van der Waals surface area contributed by atoms with E-state index in [1.165, 1.54) is 17.9 Å². The van der Waals surface area contributed by atoms with Gasteiger partial charge in [-0.2, -0.15) is 11.8 Å². The van der Waals surface area contributed by atoms with Crippen molar-refractivity contribution in [1.29, 1.82) is 0 Å². The van der Waals surface area contributed by atoms with Crippen molar-refractivity contribution < 1.29 is 0 Å². The molecule has 0 saturated carbocycles. The van der Waals surface area contributed by atoms with Gasteiger partial charge in [-0.3, -0.25) is 0 Å². The number of thioether (sulfide) groups is 1. The zero-order chi connectivity index (χ0) is 7.82. The summed E-state index contributed by atoms with van der Waals surface area (Å²) in [6, 6.07) is 0. The fraction of sp³-hybridized carbons (Fsp3) is 0.778. The van der Waals surface area contributed by atoms with Crippen LogP contribution in [-0.4, -0.2) is 11.5 Å². The number of hydrogen-bond donors (Lipinski definition) is 0. The van der Waals surface area contributed by atoms with Crippen molar-refractivity contribution in [2.24, 2.45) is 5.92 Å². The Morgan fingerprint density at radius 1 is 1.50 bits per heavy atom. The molecule has 1 heteroatoms. The molecule has 0 saturated heterocycles. The summed E-state index contributed by atoms with van der Waals surface area (Å²) in [7, 11) is 0. The van der Waals surface area contributed by atoms with Gasteiger partial charge in [0.2, 0.25) is 0 Å². The van der Waals surface area contributed by atoms with Gasteiger partial charge in [0.25, 0.3) is 0 Å². The van der Waals surface area contributed by atoms with Crippen molar-refractivity contribution in [3.05, 3.63) is 0 Å². The third-order valence-corrected chi connectivity index (χ3v) is 2.54. The maximum atomic E-state index is 5.11. The van der Waals surface area contributed by atoms with E-state index >= 15 is 0 Å². The van der Waals surface area contributed by atoms with E-state index in [1.807, 2.05) is 11.8 Å². The summed E-state index contributed by atoms with van der Waals surface area (Å²) in [6.45, 7) is 4.49. The average Bonchev–Trinajstić information content (AvgIpc) is 1.87. The minimum atomic E-state index is 0.816. The molecule has 0 N–H and O–H groups in total. The summed E-state index contributed by atoms with van der Waals surface area (Å²) in [6.07, 6.45) is 7.22. The van der Waals surface area contributed by atoms with Gasteiger partial charge in [0.05, 0.1) is 0 Å². The molecule has 0 atom stereocenters. The Labute approximate surface area is 68.8 Å². The van der Waals surface area contributed by atoms with Crippen LogP contribution in [0, 0.1) is 18.3 Å². The Morgan fingerprint density at radius 2 is 2.20 bits per heavy atom. The fourth-order valence-electron chi connectivity index (χ4n) is 0.595. The summed E-state index contributed by atoms with van der Waals surface area (Å²) >= 11 is 2.01. The van der Waals surface area contributed by atoms with E-state index in [2.05, 4.69) is 19.8 Å². The van der Waals surface area contributed by atoms with Crippen LogP contribution in [0.1, 0.15) is 26.7 Å². The molecule has 0 bridgehead atoms. The highest BCUT2D eigenvalue weighted by molar-refractivity contribution is 7.99. The minimum Gasteiger partial charge on any atom is -0.162 e. The molecule has 0 heterocycles. The third kappa shape index (κ3) is 7.91. The van der Waals surface area contributed by atoms with Gasteiger partial charge in [0.1, 0.15) is 0 Å². The van der Waals surface area contributed by atoms with Crippen LogP contribution >= 0.6 is 11.8 Å². The average molecular weight is 156 g/mol. The van der Waals surface area contributed by atoms with Gasteiger partial charge < -0.3 is 0 Å². The molecule has 0 amide bonds. The minimum absolute atomic E-state index is 0.816. The molecule has 0 nitrogen and oxygen atoms in total. The first kappa shape index (κ1) is 9.91. The molecule has 0 fully saturated rings. The van der Waals surface area contributed by atoms with Crippen LogP contribution in [0.25, 0.3) is 0 Å². The molecule has 0 aliphatic heterocycles. The summed E-state index contributed by atoms with van der Waals surface area (Å²) in [5.41, 5.74) is 0. The van der Waals surface area contributed by atoms with E-state index in [1.54, 1.807) is 0 Å². The van der Waals surface area contributed by atoms with E-state index in [9.17, 15) is 0 Å². The summed E-state index contributed by atoms with van der Waals surface area (Å²) < 4.78 is 0. The number of hydrogen-bond acceptors (Lipinski definition) is 1.